The second kappa shape index (κ2) is 8.09. The van der Waals surface area contributed by atoms with Crippen LogP contribution in [0, 0.1) is 0 Å². The molecule has 0 aromatic carbocycles. The standard InChI is InChI=1S/C15H27N5O3S/c1-19(2)24(22,23)20(3)11-15(21)16-14-10-13(17-18-14)12-8-6-4-5-7-9-12/h10,12H,4-9,11H2,1-3H3,(H2,16,17,18,21). The summed E-state index contributed by atoms with van der Waals surface area (Å²) < 4.78 is 25.9. The Morgan fingerprint density at radius 2 is 1.88 bits per heavy atom. The van der Waals surface area contributed by atoms with Gasteiger partial charge in [0.1, 0.15) is 0 Å². The number of anilines is 1. The Balaban J connectivity index is 1.93. The van der Waals surface area contributed by atoms with Crippen molar-refractivity contribution in [2.75, 3.05) is 33.0 Å². The summed E-state index contributed by atoms with van der Waals surface area (Å²) in [5, 5.41) is 9.79. The predicted molar refractivity (Wildman–Crippen MR) is 92.9 cm³/mol. The molecule has 2 N–H and O–H groups in total. The molecule has 9 heteroatoms. The summed E-state index contributed by atoms with van der Waals surface area (Å²) in [4.78, 5) is 12.0. The number of carbonyl (C=O) groups is 1. The summed E-state index contributed by atoms with van der Waals surface area (Å²) >= 11 is 0. The fourth-order valence-electron chi connectivity index (χ4n) is 2.95. The number of nitrogens with zero attached hydrogens (tertiary/aromatic N) is 3. The molecule has 0 aliphatic heterocycles. The van der Waals surface area contributed by atoms with Crippen LogP contribution in [0.4, 0.5) is 5.82 Å². The fraction of sp³-hybridized carbons (Fsp3) is 0.733. The highest BCUT2D eigenvalue weighted by Gasteiger charge is 2.23. The normalized spacial score (nSPS) is 17.2. The van der Waals surface area contributed by atoms with Gasteiger partial charge in [-0.05, 0) is 12.8 Å². The number of nitrogens with one attached hydrogen (secondary N) is 2. The molecule has 1 saturated carbocycles. The molecule has 0 bridgehead atoms. The van der Waals surface area contributed by atoms with Gasteiger partial charge < -0.3 is 5.32 Å². The predicted octanol–water partition coefficient (Wildman–Crippen LogP) is 1.52. The number of carbonyl (C=O) groups excluding carboxylic acids is 1. The lowest BCUT2D eigenvalue weighted by Gasteiger charge is -2.20. The summed E-state index contributed by atoms with van der Waals surface area (Å²) in [5.74, 6) is 0.485. The lowest BCUT2D eigenvalue weighted by molar-refractivity contribution is -0.116. The van der Waals surface area contributed by atoms with E-state index in [1.54, 1.807) is 0 Å². The van der Waals surface area contributed by atoms with E-state index in [9.17, 15) is 13.2 Å². The van der Waals surface area contributed by atoms with Gasteiger partial charge in [0.2, 0.25) is 5.91 Å². The van der Waals surface area contributed by atoms with Gasteiger partial charge >= 0.3 is 0 Å². The molecule has 1 heterocycles. The molecule has 1 amide bonds. The smallest absolute Gasteiger partial charge is 0.281 e. The average Bonchev–Trinajstić information content (AvgIpc) is 2.80. The quantitative estimate of drug-likeness (QED) is 0.754. The molecule has 0 unspecified atom stereocenters. The van der Waals surface area contributed by atoms with Gasteiger partial charge in [-0.15, -0.1) is 0 Å². The van der Waals surface area contributed by atoms with Crippen LogP contribution < -0.4 is 5.32 Å². The monoisotopic (exact) mass is 357 g/mol. The second-order valence-corrected chi connectivity index (χ2v) is 8.74. The summed E-state index contributed by atoms with van der Waals surface area (Å²) in [7, 11) is 0.623. The minimum absolute atomic E-state index is 0.258. The molecule has 1 aromatic heterocycles. The Hall–Kier alpha value is -1.45. The van der Waals surface area contributed by atoms with E-state index >= 15 is 0 Å². The first-order valence-electron chi connectivity index (χ1n) is 8.29. The van der Waals surface area contributed by atoms with E-state index in [1.807, 2.05) is 6.07 Å². The van der Waals surface area contributed by atoms with Crippen molar-refractivity contribution in [1.29, 1.82) is 0 Å². The first-order valence-corrected chi connectivity index (χ1v) is 9.69. The molecule has 1 aromatic rings. The van der Waals surface area contributed by atoms with Crippen molar-refractivity contribution in [3.05, 3.63) is 11.8 Å². The van der Waals surface area contributed by atoms with Crippen LogP contribution in [0.15, 0.2) is 6.07 Å². The minimum Gasteiger partial charge on any atom is -0.308 e. The zero-order valence-electron chi connectivity index (χ0n) is 14.6. The highest BCUT2D eigenvalue weighted by molar-refractivity contribution is 7.86. The zero-order chi connectivity index (χ0) is 17.7. The number of hydrogen-bond acceptors (Lipinski definition) is 4. The number of aromatic nitrogens is 2. The molecule has 24 heavy (non-hydrogen) atoms. The van der Waals surface area contributed by atoms with Gasteiger partial charge in [-0.2, -0.15) is 22.1 Å². The topological polar surface area (TPSA) is 98.4 Å². The van der Waals surface area contributed by atoms with Gasteiger partial charge in [-0.3, -0.25) is 9.89 Å². The molecule has 0 radical (unpaired) electrons. The molecule has 136 valence electrons. The molecule has 0 saturated heterocycles. The molecule has 1 aliphatic carbocycles. The lowest BCUT2D eigenvalue weighted by Crippen LogP contribution is -2.41. The fourth-order valence-corrected chi connectivity index (χ4v) is 3.78. The number of amides is 1. The molecule has 0 spiro atoms. The van der Waals surface area contributed by atoms with E-state index in [4.69, 9.17) is 0 Å². The van der Waals surface area contributed by atoms with Crippen LogP contribution in [0.1, 0.15) is 50.1 Å². The van der Waals surface area contributed by atoms with E-state index in [-0.39, 0.29) is 6.54 Å². The third-order valence-corrected chi connectivity index (χ3v) is 6.22. The number of likely N-dealkylation sites (N-methyl/N-ethyl adjacent to an activating group) is 1. The summed E-state index contributed by atoms with van der Waals surface area (Å²) in [6, 6.07) is 1.86. The van der Waals surface area contributed by atoms with Gasteiger partial charge in [-0.25, -0.2) is 0 Å². The van der Waals surface area contributed by atoms with E-state index in [1.165, 1.54) is 46.8 Å². The van der Waals surface area contributed by atoms with Gasteiger partial charge in [-0.1, -0.05) is 25.7 Å². The van der Waals surface area contributed by atoms with E-state index < -0.39 is 16.1 Å². The molecule has 8 nitrogen and oxygen atoms in total. The largest absolute Gasteiger partial charge is 0.308 e. The molecule has 1 aliphatic rings. The SMILES string of the molecule is CN(C)S(=O)(=O)N(C)CC(=O)Nc1cc(C2CCCCCC2)[nH]n1. The molecular weight excluding hydrogens is 330 g/mol. The first-order chi connectivity index (χ1) is 11.3. The van der Waals surface area contributed by atoms with Crippen LogP contribution in [0.25, 0.3) is 0 Å². The van der Waals surface area contributed by atoms with Gasteiger partial charge in [0, 0.05) is 38.8 Å². The molecular formula is C15H27N5O3S. The Labute approximate surface area is 143 Å². The number of hydrogen-bond donors (Lipinski definition) is 2. The van der Waals surface area contributed by atoms with Crippen LogP contribution in [-0.4, -0.2) is 60.8 Å². The average molecular weight is 357 g/mol. The minimum atomic E-state index is -3.60. The van der Waals surface area contributed by atoms with Crippen LogP contribution in [-0.2, 0) is 15.0 Å². The number of aromatic amines is 1. The van der Waals surface area contributed by atoms with Crippen molar-refractivity contribution in [2.45, 2.75) is 44.4 Å². The summed E-state index contributed by atoms with van der Waals surface area (Å²) in [5.41, 5.74) is 1.04. The van der Waals surface area contributed by atoms with E-state index in [2.05, 4.69) is 15.5 Å². The maximum Gasteiger partial charge on any atom is 0.281 e. The van der Waals surface area contributed by atoms with Crippen LogP contribution in [0.3, 0.4) is 0 Å². The van der Waals surface area contributed by atoms with Crippen molar-refractivity contribution < 1.29 is 13.2 Å². The van der Waals surface area contributed by atoms with E-state index in [0.29, 0.717) is 11.7 Å². The number of rotatable bonds is 6. The van der Waals surface area contributed by atoms with Crippen LogP contribution in [0.2, 0.25) is 0 Å². The van der Waals surface area contributed by atoms with Crippen molar-refractivity contribution >= 4 is 21.9 Å². The van der Waals surface area contributed by atoms with Crippen molar-refractivity contribution in [3.8, 4) is 0 Å². The van der Waals surface area contributed by atoms with Gasteiger partial charge in [0.15, 0.2) is 5.82 Å². The Bertz CT molecular complexity index is 648. The zero-order valence-corrected chi connectivity index (χ0v) is 15.4. The second-order valence-electron chi connectivity index (χ2n) is 6.49. The van der Waals surface area contributed by atoms with Crippen molar-refractivity contribution in [1.82, 2.24) is 18.8 Å². The third-order valence-electron chi connectivity index (χ3n) is 4.38. The van der Waals surface area contributed by atoms with E-state index in [0.717, 1.165) is 27.1 Å². The molecule has 2 rings (SSSR count). The van der Waals surface area contributed by atoms with Gasteiger partial charge in [0.25, 0.3) is 10.2 Å². The number of H-pyrrole nitrogens is 1. The Kier molecular flexibility index (Phi) is 6.36. The van der Waals surface area contributed by atoms with Gasteiger partial charge in [0.05, 0.1) is 6.54 Å². The molecule has 0 atom stereocenters. The Morgan fingerprint density at radius 1 is 1.25 bits per heavy atom. The first kappa shape index (κ1) is 18.9. The third kappa shape index (κ3) is 4.78. The maximum absolute atomic E-state index is 12.0. The summed E-state index contributed by atoms with van der Waals surface area (Å²) in [6.45, 7) is -0.258. The van der Waals surface area contributed by atoms with Crippen LogP contribution in [0.5, 0.6) is 0 Å². The van der Waals surface area contributed by atoms with Crippen molar-refractivity contribution in [2.24, 2.45) is 0 Å². The highest BCUT2D eigenvalue weighted by Crippen LogP contribution is 2.31. The summed E-state index contributed by atoms with van der Waals surface area (Å²) in [6.07, 6.45) is 7.28. The van der Waals surface area contributed by atoms with Crippen molar-refractivity contribution in [3.63, 3.8) is 0 Å². The van der Waals surface area contributed by atoms with Crippen LogP contribution >= 0.6 is 0 Å². The highest BCUT2D eigenvalue weighted by atomic mass is 32.2. The lowest BCUT2D eigenvalue weighted by atomic mass is 9.97. The Morgan fingerprint density at radius 3 is 2.46 bits per heavy atom. The maximum atomic E-state index is 12.0. The molecule has 1 fully saturated rings.